The van der Waals surface area contributed by atoms with Crippen molar-refractivity contribution >= 4 is 34.4 Å². The number of ether oxygens (including phenoxy) is 2. The lowest BCUT2D eigenvalue weighted by Crippen LogP contribution is -2.56. The number of carbonyl (C=O) groups is 2. The third kappa shape index (κ3) is 8.51. The van der Waals surface area contributed by atoms with Crippen molar-refractivity contribution in [3.63, 3.8) is 0 Å². The average molecular weight is 588 g/mol. The third-order valence-corrected chi connectivity index (χ3v) is 6.61. The van der Waals surface area contributed by atoms with Crippen LogP contribution in [-0.4, -0.2) is 78.1 Å². The van der Waals surface area contributed by atoms with Gasteiger partial charge < -0.3 is 29.9 Å². The highest BCUT2D eigenvalue weighted by Gasteiger charge is 2.40. The van der Waals surface area contributed by atoms with Gasteiger partial charge in [0.1, 0.15) is 24.6 Å². The molecular formula is C25H37IN2O6. The molecule has 0 aromatic heterocycles. The Hall–Kier alpha value is -1.69. The Morgan fingerprint density at radius 2 is 1.97 bits per heavy atom. The first-order valence-corrected chi connectivity index (χ1v) is 13.1. The second-order valence-electron chi connectivity index (χ2n) is 8.23. The van der Waals surface area contributed by atoms with E-state index in [-0.39, 0.29) is 38.0 Å². The Bertz CT molecular complexity index is 818. The van der Waals surface area contributed by atoms with Crippen LogP contribution < -0.4 is 10.1 Å². The SMILES string of the molecule is CCCCCCN(C(=O)COCC)C1CC(C(=O)NCCO)=CC(Oc2ccccc2I)C1O. The van der Waals surface area contributed by atoms with Gasteiger partial charge in [0.25, 0.3) is 0 Å². The van der Waals surface area contributed by atoms with Crippen molar-refractivity contribution in [1.29, 1.82) is 0 Å². The van der Waals surface area contributed by atoms with E-state index in [9.17, 15) is 14.7 Å². The van der Waals surface area contributed by atoms with Gasteiger partial charge in [-0.15, -0.1) is 0 Å². The zero-order chi connectivity index (χ0) is 24.9. The highest BCUT2D eigenvalue weighted by molar-refractivity contribution is 14.1. The van der Waals surface area contributed by atoms with E-state index in [2.05, 4.69) is 34.8 Å². The lowest BCUT2D eigenvalue weighted by molar-refractivity contribution is -0.143. The molecule has 2 rings (SSSR count). The lowest BCUT2D eigenvalue weighted by atomic mass is 9.88. The van der Waals surface area contributed by atoms with Crippen LogP contribution in [0.3, 0.4) is 0 Å². The van der Waals surface area contributed by atoms with Crippen LogP contribution in [0, 0.1) is 3.57 Å². The minimum atomic E-state index is -1.03. The number of aliphatic hydroxyl groups is 2. The Morgan fingerprint density at radius 3 is 2.65 bits per heavy atom. The zero-order valence-electron chi connectivity index (χ0n) is 20.0. The number of hydrogen-bond acceptors (Lipinski definition) is 6. The molecule has 1 aromatic carbocycles. The van der Waals surface area contributed by atoms with E-state index in [1.165, 1.54) is 0 Å². The van der Waals surface area contributed by atoms with Crippen LogP contribution in [0.25, 0.3) is 0 Å². The van der Waals surface area contributed by atoms with Crippen LogP contribution >= 0.6 is 22.6 Å². The molecule has 1 aromatic rings. The van der Waals surface area contributed by atoms with Gasteiger partial charge in [-0.3, -0.25) is 9.59 Å². The summed E-state index contributed by atoms with van der Waals surface area (Å²) in [5.41, 5.74) is 0.419. The van der Waals surface area contributed by atoms with Gasteiger partial charge in [0.15, 0.2) is 0 Å². The molecule has 34 heavy (non-hydrogen) atoms. The van der Waals surface area contributed by atoms with E-state index >= 15 is 0 Å². The van der Waals surface area contributed by atoms with Crippen molar-refractivity contribution in [1.82, 2.24) is 10.2 Å². The molecule has 2 amide bonds. The van der Waals surface area contributed by atoms with Crippen LogP contribution in [0.5, 0.6) is 5.75 Å². The monoisotopic (exact) mass is 588 g/mol. The fourth-order valence-electron chi connectivity index (χ4n) is 3.92. The number of hydrogen-bond donors (Lipinski definition) is 3. The van der Waals surface area contributed by atoms with Gasteiger partial charge in [-0.1, -0.05) is 38.3 Å². The van der Waals surface area contributed by atoms with E-state index in [0.717, 1.165) is 29.3 Å². The smallest absolute Gasteiger partial charge is 0.248 e. The minimum Gasteiger partial charge on any atom is -0.482 e. The number of para-hydroxylation sites is 1. The number of rotatable bonds is 14. The van der Waals surface area contributed by atoms with Gasteiger partial charge in [-0.05, 0) is 54.1 Å². The Labute approximate surface area is 215 Å². The predicted octanol–water partition coefficient (Wildman–Crippen LogP) is 2.65. The van der Waals surface area contributed by atoms with E-state index in [1.807, 2.05) is 25.1 Å². The van der Waals surface area contributed by atoms with E-state index in [0.29, 0.717) is 24.5 Å². The van der Waals surface area contributed by atoms with Crippen molar-refractivity contribution in [2.75, 3.05) is 32.9 Å². The van der Waals surface area contributed by atoms with Gasteiger partial charge in [0.2, 0.25) is 11.8 Å². The standard InChI is InChI=1S/C25H37IN2O6/c1-3-5-6-9-13-28(23(30)17-33-4-2)20-15-18(25(32)27-12-14-29)16-22(24(20)31)34-21-11-8-7-10-19(21)26/h7-8,10-11,16,20,22,24,29,31H,3-6,9,12-15,17H2,1-2H3,(H,27,32). The average Bonchev–Trinajstić information content (AvgIpc) is 2.84. The number of nitrogens with zero attached hydrogens (tertiary/aromatic N) is 1. The van der Waals surface area contributed by atoms with Crippen molar-refractivity contribution in [2.24, 2.45) is 0 Å². The van der Waals surface area contributed by atoms with Crippen LogP contribution in [0.2, 0.25) is 0 Å². The van der Waals surface area contributed by atoms with E-state index in [4.69, 9.17) is 14.6 Å². The van der Waals surface area contributed by atoms with E-state index < -0.39 is 18.2 Å². The van der Waals surface area contributed by atoms with Gasteiger partial charge in [0, 0.05) is 31.7 Å². The molecular weight excluding hydrogens is 551 g/mol. The van der Waals surface area contributed by atoms with Gasteiger partial charge >= 0.3 is 0 Å². The molecule has 0 saturated heterocycles. The molecule has 0 aliphatic heterocycles. The molecule has 0 spiro atoms. The summed E-state index contributed by atoms with van der Waals surface area (Å²) in [4.78, 5) is 27.5. The molecule has 0 heterocycles. The third-order valence-electron chi connectivity index (χ3n) is 5.72. The zero-order valence-corrected chi connectivity index (χ0v) is 22.2. The molecule has 3 unspecified atom stereocenters. The maximum Gasteiger partial charge on any atom is 0.248 e. The molecule has 1 aliphatic rings. The Balaban J connectivity index is 2.33. The molecule has 0 bridgehead atoms. The van der Waals surface area contributed by atoms with Crippen molar-refractivity contribution in [3.8, 4) is 5.75 Å². The number of amides is 2. The first kappa shape index (κ1) is 28.5. The number of halogens is 1. The fraction of sp³-hybridized carbons (Fsp3) is 0.600. The second kappa shape index (κ2) is 15.3. The summed E-state index contributed by atoms with van der Waals surface area (Å²) >= 11 is 2.16. The van der Waals surface area contributed by atoms with Gasteiger partial charge in [-0.25, -0.2) is 0 Å². The maximum absolute atomic E-state index is 13.1. The van der Waals surface area contributed by atoms with Gasteiger partial charge in [0.05, 0.1) is 16.2 Å². The summed E-state index contributed by atoms with van der Waals surface area (Å²) in [6, 6.07) is 6.80. The molecule has 3 N–H and O–H groups in total. The van der Waals surface area contributed by atoms with Crippen molar-refractivity contribution < 1.29 is 29.3 Å². The molecule has 190 valence electrons. The topological polar surface area (TPSA) is 108 Å². The summed E-state index contributed by atoms with van der Waals surface area (Å²) < 4.78 is 12.4. The number of aliphatic hydroxyl groups excluding tert-OH is 2. The molecule has 8 nitrogen and oxygen atoms in total. The summed E-state index contributed by atoms with van der Waals surface area (Å²) in [5, 5.41) is 23.1. The number of benzene rings is 1. The molecule has 1 aliphatic carbocycles. The van der Waals surface area contributed by atoms with Crippen LogP contribution in [0.1, 0.15) is 46.0 Å². The molecule has 9 heteroatoms. The second-order valence-corrected chi connectivity index (χ2v) is 9.39. The maximum atomic E-state index is 13.1. The number of unbranched alkanes of at least 4 members (excludes halogenated alkanes) is 3. The van der Waals surface area contributed by atoms with Crippen LogP contribution in [0.4, 0.5) is 0 Å². The summed E-state index contributed by atoms with van der Waals surface area (Å²) in [5.74, 6) is 0.0345. The van der Waals surface area contributed by atoms with E-state index in [1.54, 1.807) is 17.0 Å². The first-order valence-electron chi connectivity index (χ1n) is 12.0. The van der Waals surface area contributed by atoms with Crippen LogP contribution in [0.15, 0.2) is 35.9 Å². The molecule has 0 fully saturated rings. The van der Waals surface area contributed by atoms with Crippen LogP contribution in [-0.2, 0) is 14.3 Å². The predicted molar refractivity (Wildman–Crippen MR) is 139 cm³/mol. The highest BCUT2D eigenvalue weighted by atomic mass is 127. The largest absolute Gasteiger partial charge is 0.482 e. The molecule has 0 radical (unpaired) electrons. The van der Waals surface area contributed by atoms with Gasteiger partial charge in [-0.2, -0.15) is 0 Å². The fourth-order valence-corrected chi connectivity index (χ4v) is 4.44. The molecule has 0 saturated carbocycles. The number of carbonyl (C=O) groups excluding carboxylic acids is 2. The Kier molecular flexibility index (Phi) is 12.9. The lowest BCUT2D eigenvalue weighted by Gasteiger charge is -2.40. The Morgan fingerprint density at radius 1 is 1.21 bits per heavy atom. The normalized spacial score (nSPS) is 19.9. The quantitative estimate of drug-likeness (QED) is 0.228. The summed E-state index contributed by atoms with van der Waals surface area (Å²) in [7, 11) is 0. The molecule has 3 atom stereocenters. The summed E-state index contributed by atoms with van der Waals surface area (Å²) in [6.45, 7) is 4.69. The minimum absolute atomic E-state index is 0.0780. The summed E-state index contributed by atoms with van der Waals surface area (Å²) in [6.07, 6.45) is 3.88. The first-order chi connectivity index (χ1) is 16.4. The number of nitrogens with one attached hydrogen (secondary N) is 1. The van der Waals surface area contributed by atoms with Crippen molar-refractivity contribution in [2.45, 2.75) is 64.2 Å². The highest BCUT2D eigenvalue weighted by Crippen LogP contribution is 2.30. The van der Waals surface area contributed by atoms with Crippen molar-refractivity contribution in [3.05, 3.63) is 39.5 Å².